The van der Waals surface area contributed by atoms with Gasteiger partial charge in [-0.3, -0.25) is 9.59 Å². The van der Waals surface area contributed by atoms with Gasteiger partial charge in [0.15, 0.2) is 23.0 Å². The summed E-state index contributed by atoms with van der Waals surface area (Å²) in [5, 5.41) is 1.11. The number of pyridine rings is 2. The smallest absolute Gasteiger partial charge is 0.493 e. The number of nitrogens with one attached hydrogen (secondary N) is 2. The summed E-state index contributed by atoms with van der Waals surface area (Å²) in [5.41, 5.74) is 1.43. The molecule has 0 saturated carbocycles. The molecule has 0 aliphatic heterocycles. The van der Waals surface area contributed by atoms with Gasteiger partial charge in [0.1, 0.15) is 13.2 Å². The van der Waals surface area contributed by atoms with Crippen molar-refractivity contribution < 1.29 is 32.1 Å². The van der Waals surface area contributed by atoms with Crippen LogP contribution in [0.4, 0.5) is 13.2 Å². The zero-order valence-electron chi connectivity index (χ0n) is 21.2. The molecule has 8 nitrogen and oxygen atoms in total. The lowest BCUT2D eigenvalue weighted by Crippen LogP contribution is -2.19. The fourth-order valence-corrected chi connectivity index (χ4v) is 4.07. The normalized spacial score (nSPS) is 11.8. The van der Waals surface area contributed by atoms with Gasteiger partial charge >= 0.3 is 6.36 Å². The lowest BCUT2D eigenvalue weighted by Gasteiger charge is -2.17. The average Bonchev–Trinajstić information content (AvgIpc) is 2.84. The third-order valence-corrected chi connectivity index (χ3v) is 5.97. The van der Waals surface area contributed by atoms with E-state index in [9.17, 15) is 22.8 Å². The number of halogens is 3. The molecule has 2 aromatic heterocycles. The van der Waals surface area contributed by atoms with Gasteiger partial charge in [0.05, 0.1) is 18.1 Å². The molecule has 0 bridgehead atoms. The van der Waals surface area contributed by atoms with Crippen molar-refractivity contribution in [3.8, 4) is 23.0 Å². The van der Waals surface area contributed by atoms with E-state index >= 15 is 0 Å². The Labute approximate surface area is 215 Å². The lowest BCUT2D eigenvalue weighted by molar-refractivity contribution is -0.275. The number of H-pyrrole nitrogens is 2. The van der Waals surface area contributed by atoms with E-state index in [1.807, 2.05) is 20.8 Å². The van der Waals surface area contributed by atoms with Gasteiger partial charge < -0.3 is 28.9 Å². The maximum atomic E-state index is 13.1. The number of hydrogen-bond acceptors (Lipinski definition) is 6. The number of alkyl halides is 3. The molecule has 2 aromatic carbocycles. The molecule has 0 atom stereocenters. The predicted octanol–water partition coefficient (Wildman–Crippen LogP) is 5.42. The van der Waals surface area contributed by atoms with Crippen molar-refractivity contribution in [2.45, 2.75) is 39.5 Å². The Bertz CT molecular complexity index is 1590. The summed E-state index contributed by atoms with van der Waals surface area (Å²) in [6.07, 6.45) is -4.39. The maximum absolute atomic E-state index is 13.1. The van der Waals surface area contributed by atoms with Crippen LogP contribution in [0, 0.1) is 0 Å². The molecule has 0 amide bonds. The van der Waals surface area contributed by atoms with Crippen LogP contribution in [0.1, 0.15) is 37.8 Å². The molecule has 4 rings (SSSR count). The molecule has 2 N–H and O–H groups in total. The minimum atomic E-state index is -4.94. The number of rotatable bonds is 9. The lowest BCUT2D eigenvalue weighted by atomic mass is 10.0. The SMILES string of the molecule is CCc1cc2cc(OCCOc3cc4[nH]c(=O)c(C(C)C)cc4cc3OC(F)(F)F)c(OC)cc2[nH]c1=O. The van der Waals surface area contributed by atoms with E-state index in [0.29, 0.717) is 45.5 Å². The second-order valence-electron chi connectivity index (χ2n) is 8.91. The van der Waals surface area contributed by atoms with Crippen molar-refractivity contribution in [1.82, 2.24) is 9.97 Å². The Morgan fingerprint density at radius 2 is 1.34 bits per heavy atom. The molecule has 202 valence electrons. The highest BCUT2D eigenvalue weighted by atomic mass is 19.4. The monoisotopic (exact) mass is 532 g/mol. The van der Waals surface area contributed by atoms with Crippen LogP contribution in [0.25, 0.3) is 21.8 Å². The van der Waals surface area contributed by atoms with Crippen LogP contribution in [0.2, 0.25) is 0 Å². The largest absolute Gasteiger partial charge is 0.573 e. The number of benzene rings is 2. The molecular formula is C27H27F3N2O6. The molecule has 4 aromatic rings. The number of hydrogen-bond donors (Lipinski definition) is 2. The fraction of sp³-hybridized carbons (Fsp3) is 0.333. The maximum Gasteiger partial charge on any atom is 0.573 e. The van der Waals surface area contributed by atoms with Crippen LogP contribution >= 0.6 is 0 Å². The van der Waals surface area contributed by atoms with Crippen molar-refractivity contribution in [1.29, 1.82) is 0 Å². The van der Waals surface area contributed by atoms with E-state index in [0.717, 1.165) is 5.39 Å². The summed E-state index contributed by atoms with van der Waals surface area (Å²) < 4.78 is 60.2. The highest BCUT2D eigenvalue weighted by Gasteiger charge is 2.33. The molecule has 38 heavy (non-hydrogen) atoms. The van der Waals surface area contributed by atoms with Gasteiger partial charge in [-0.05, 0) is 36.6 Å². The summed E-state index contributed by atoms with van der Waals surface area (Å²) in [5.74, 6) is -0.131. The molecule has 0 fully saturated rings. The van der Waals surface area contributed by atoms with E-state index in [1.54, 1.807) is 18.2 Å². The standard InChI is InChI=1S/C27H27F3N2O6/c1-5-15-8-16-10-22(21(35-4)12-19(16)31-25(15)33)36-6-7-37-23-13-20-17(11-24(23)38-27(28,29)30)9-18(14(2)3)26(34)32-20/h8-14H,5-7H2,1-4H3,(H,31,33)(H,32,34). The molecule has 0 saturated heterocycles. The first-order valence-corrected chi connectivity index (χ1v) is 11.9. The van der Waals surface area contributed by atoms with Gasteiger partial charge in [0, 0.05) is 34.0 Å². The van der Waals surface area contributed by atoms with Crippen LogP contribution in [-0.4, -0.2) is 36.7 Å². The number of aromatic amines is 2. The minimum absolute atomic E-state index is 0.0435. The molecule has 11 heteroatoms. The quantitative estimate of drug-likeness (QED) is 0.279. The summed E-state index contributed by atoms with van der Waals surface area (Å²) in [7, 11) is 1.45. The second kappa shape index (κ2) is 10.7. The predicted molar refractivity (Wildman–Crippen MR) is 137 cm³/mol. The molecule has 0 aliphatic carbocycles. The van der Waals surface area contributed by atoms with Gasteiger partial charge in [0.2, 0.25) is 0 Å². The number of aromatic nitrogens is 2. The summed E-state index contributed by atoms with van der Waals surface area (Å²) in [6.45, 7) is 5.32. The Morgan fingerprint density at radius 1 is 0.789 bits per heavy atom. The molecule has 0 aliphatic rings. The van der Waals surface area contributed by atoms with E-state index in [4.69, 9.17) is 14.2 Å². The van der Waals surface area contributed by atoms with E-state index in [1.165, 1.54) is 25.3 Å². The number of methoxy groups -OCH3 is 1. The summed E-state index contributed by atoms with van der Waals surface area (Å²) in [4.78, 5) is 30.0. The molecule has 0 spiro atoms. The van der Waals surface area contributed by atoms with Crippen molar-refractivity contribution >= 4 is 21.8 Å². The van der Waals surface area contributed by atoms with E-state index in [2.05, 4.69) is 14.7 Å². The van der Waals surface area contributed by atoms with Crippen molar-refractivity contribution in [3.63, 3.8) is 0 Å². The van der Waals surface area contributed by atoms with Crippen molar-refractivity contribution in [2.24, 2.45) is 0 Å². The van der Waals surface area contributed by atoms with Crippen LogP contribution in [0.5, 0.6) is 23.0 Å². The van der Waals surface area contributed by atoms with Crippen LogP contribution in [0.3, 0.4) is 0 Å². The first-order chi connectivity index (χ1) is 18.0. The molecular weight excluding hydrogens is 505 g/mol. The van der Waals surface area contributed by atoms with Gasteiger partial charge in [-0.25, -0.2) is 0 Å². The Balaban J connectivity index is 1.57. The zero-order valence-corrected chi connectivity index (χ0v) is 21.2. The van der Waals surface area contributed by atoms with Crippen molar-refractivity contribution in [3.05, 3.63) is 68.2 Å². The van der Waals surface area contributed by atoms with E-state index in [-0.39, 0.29) is 36.0 Å². The molecule has 0 radical (unpaired) electrons. The van der Waals surface area contributed by atoms with Gasteiger partial charge in [-0.2, -0.15) is 0 Å². The fourth-order valence-electron chi connectivity index (χ4n) is 4.07. The topological polar surface area (TPSA) is 103 Å². The summed E-state index contributed by atoms with van der Waals surface area (Å²) >= 11 is 0. The summed E-state index contributed by atoms with van der Waals surface area (Å²) in [6, 6.07) is 9.11. The number of fused-ring (bicyclic) bond motifs is 2. The second-order valence-corrected chi connectivity index (χ2v) is 8.91. The highest BCUT2D eigenvalue weighted by molar-refractivity contribution is 5.84. The third-order valence-electron chi connectivity index (χ3n) is 5.97. The molecule has 2 heterocycles. The van der Waals surface area contributed by atoms with Gasteiger partial charge in [-0.1, -0.05) is 20.8 Å². The Morgan fingerprint density at radius 3 is 1.92 bits per heavy atom. The van der Waals surface area contributed by atoms with Crippen molar-refractivity contribution in [2.75, 3.05) is 20.3 Å². The van der Waals surface area contributed by atoms with Crippen LogP contribution in [-0.2, 0) is 6.42 Å². The van der Waals surface area contributed by atoms with Gasteiger partial charge in [0.25, 0.3) is 11.1 Å². The zero-order chi connectivity index (χ0) is 27.6. The first-order valence-electron chi connectivity index (χ1n) is 11.9. The first kappa shape index (κ1) is 26.9. The van der Waals surface area contributed by atoms with E-state index < -0.39 is 12.1 Å². The third kappa shape index (κ3) is 5.87. The van der Waals surface area contributed by atoms with Crippen LogP contribution in [0.15, 0.2) is 46.0 Å². The number of ether oxygens (including phenoxy) is 4. The van der Waals surface area contributed by atoms with Crippen LogP contribution < -0.4 is 30.1 Å². The minimum Gasteiger partial charge on any atom is -0.493 e. The highest BCUT2D eigenvalue weighted by Crippen LogP contribution is 2.36. The Hall–Kier alpha value is -4.15. The Kier molecular flexibility index (Phi) is 7.56. The number of aryl methyl sites for hydroxylation is 1. The van der Waals surface area contributed by atoms with Gasteiger partial charge in [-0.15, -0.1) is 13.2 Å². The molecule has 0 unspecified atom stereocenters. The average molecular weight is 533 g/mol.